The van der Waals surface area contributed by atoms with Crippen LogP contribution in [0.25, 0.3) is 11.1 Å². The maximum Gasteiger partial charge on any atom is 0.266 e. The molecule has 0 aromatic heterocycles. The highest BCUT2D eigenvalue weighted by atomic mass is 32.2. The number of ketones is 3. The van der Waals surface area contributed by atoms with Crippen molar-refractivity contribution in [2.75, 3.05) is 33.6 Å². The van der Waals surface area contributed by atoms with E-state index in [1.54, 1.807) is 6.92 Å². The van der Waals surface area contributed by atoms with Gasteiger partial charge in [0.1, 0.15) is 29.1 Å². The second-order valence-electron chi connectivity index (χ2n) is 11.8. The van der Waals surface area contributed by atoms with Gasteiger partial charge in [0.25, 0.3) is 10.1 Å². The molecule has 4 aliphatic carbocycles. The van der Waals surface area contributed by atoms with Crippen LogP contribution in [0.5, 0.6) is 23.0 Å². The first-order valence-electron chi connectivity index (χ1n) is 14.2. The number of methoxy groups -OCH3 is 3. The molecule has 13 heteroatoms. The van der Waals surface area contributed by atoms with Gasteiger partial charge in [0.15, 0.2) is 17.3 Å². The zero-order valence-corrected chi connectivity index (χ0v) is 25.6. The number of carbonyl (C=O) groups is 3. The van der Waals surface area contributed by atoms with E-state index in [2.05, 4.69) is 5.32 Å². The first-order valence-corrected chi connectivity index (χ1v) is 15.8. The molecule has 0 radical (unpaired) electrons. The average molecular weight is 628 g/mol. The summed E-state index contributed by atoms with van der Waals surface area (Å²) in [6.07, 6.45) is -0.941. The van der Waals surface area contributed by atoms with Gasteiger partial charge in [0.2, 0.25) is 0 Å². The van der Waals surface area contributed by atoms with Gasteiger partial charge in [0, 0.05) is 54.3 Å². The van der Waals surface area contributed by atoms with E-state index in [1.807, 2.05) is 0 Å². The minimum Gasteiger partial charge on any atom is -0.507 e. The Morgan fingerprint density at radius 2 is 1.45 bits per heavy atom. The molecule has 234 valence electrons. The molecular weight excluding hydrogens is 594 g/mol. The first-order chi connectivity index (χ1) is 20.8. The fourth-order valence-electron chi connectivity index (χ4n) is 8.34. The maximum atomic E-state index is 14.3. The number of ether oxygens (including phenoxy) is 3. The molecule has 0 fully saturated rings. The molecule has 0 bridgehead atoms. The number of Topliss-reactive ketones (excluding diaryl/α,β-unsaturated/α-hetero) is 3. The van der Waals surface area contributed by atoms with E-state index < -0.39 is 63.3 Å². The average Bonchev–Trinajstić information content (AvgIpc) is 3.08. The van der Waals surface area contributed by atoms with E-state index in [9.17, 15) is 37.6 Å². The number of phenols is 2. The third-order valence-corrected chi connectivity index (χ3v) is 10.4. The van der Waals surface area contributed by atoms with Gasteiger partial charge in [-0.3, -0.25) is 18.9 Å². The SMILES string of the molecule is COc1cc(O)c2c3c1-c1c(OC)cc(O)c4c1C1C(C(C(C)=O)=C(C)CC(C(NCCS(=O)(=O)O)C2=O)C31)C(OC)C4=O. The lowest BCUT2D eigenvalue weighted by Gasteiger charge is -2.51. The molecule has 0 saturated carbocycles. The van der Waals surface area contributed by atoms with Crippen LogP contribution in [0.15, 0.2) is 23.3 Å². The highest BCUT2D eigenvalue weighted by molar-refractivity contribution is 7.85. The summed E-state index contributed by atoms with van der Waals surface area (Å²) >= 11 is 0. The summed E-state index contributed by atoms with van der Waals surface area (Å²) in [7, 11) is -0.175. The predicted molar refractivity (Wildman–Crippen MR) is 156 cm³/mol. The van der Waals surface area contributed by atoms with E-state index in [-0.39, 0.29) is 52.9 Å². The van der Waals surface area contributed by atoms with Gasteiger partial charge in [-0.05, 0) is 43.2 Å². The maximum absolute atomic E-state index is 14.3. The van der Waals surface area contributed by atoms with Crippen molar-refractivity contribution in [1.82, 2.24) is 5.32 Å². The quantitative estimate of drug-likeness (QED) is 0.314. The summed E-state index contributed by atoms with van der Waals surface area (Å²) in [4.78, 5) is 41.9. The number of benzene rings is 2. The summed E-state index contributed by atoms with van der Waals surface area (Å²) in [5, 5.41) is 25.6. The van der Waals surface area contributed by atoms with Crippen LogP contribution in [0, 0.1) is 11.8 Å². The monoisotopic (exact) mass is 627 g/mol. The summed E-state index contributed by atoms with van der Waals surface area (Å²) in [5.41, 5.74) is 2.77. The second kappa shape index (κ2) is 10.4. The van der Waals surface area contributed by atoms with Crippen LogP contribution >= 0.6 is 0 Å². The van der Waals surface area contributed by atoms with Gasteiger partial charge in [-0.25, -0.2) is 0 Å². The van der Waals surface area contributed by atoms with Crippen molar-refractivity contribution in [3.05, 3.63) is 45.5 Å². The molecule has 0 heterocycles. The summed E-state index contributed by atoms with van der Waals surface area (Å²) in [6.45, 7) is 2.92. The van der Waals surface area contributed by atoms with E-state index in [4.69, 9.17) is 14.2 Å². The van der Waals surface area contributed by atoms with Gasteiger partial charge in [-0.15, -0.1) is 0 Å². The Balaban J connectivity index is 1.77. The number of aromatic hydroxyl groups is 2. The van der Waals surface area contributed by atoms with E-state index in [0.29, 0.717) is 33.4 Å². The highest BCUT2D eigenvalue weighted by Crippen LogP contribution is 2.67. The molecule has 0 saturated heterocycles. The van der Waals surface area contributed by atoms with Crippen LogP contribution in [0.2, 0.25) is 0 Å². The smallest absolute Gasteiger partial charge is 0.266 e. The third-order valence-electron chi connectivity index (χ3n) is 9.69. The van der Waals surface area contributed by atoms with Crippen molar-refractivity contribution in [3.8, 4) is 34.1 Å². The molecule has 6 unspecified atom stereocenters. The van der Waals surface area contributed by atoms with Gasteiger partial charge in [0.05, 0.1) is 37.1 Å². The Kier molecular flexibility index (Phi) is 7.15. The summed E-state index contributed by atoms with van der Waals surface area (Å²) in [6, 6.07) is 1.59. The Morgan fingerprint density at radius 1 is 0.909 bits per heavy atom. The third kappa shape index (κ3) is 4.13. The number of carbonyl (C=O) groups excluding carboxylic acids is 3. The van der Waals surface area contributed by atoms with Crippen molar-refractivity contribution >= 4 is 27.5 Å². The molecule has 4 aliphatic rings. The summed E-state index contributed by atoms with van der Waals surface area (Å²) < 4.78 is 49.8. The lowest BCUT2D eigenvalue weighted by molar-refractivity contribution is -0.114. The van der Waals surface area contributed by atoms with Crippen molar-refractivity contribution in [2.45, 2.75) is 44.2 Å². The molecule has 12 nitrogen and oxygen atoms in total. The number of hydrogen-bond donors (Lipinski definition) is 4. The van der Waals surface area contributed by atoms with Crippen LogP contribution in [-0.4, -0.2) is 86.3 Å². The van der Waals surface area contributed by atoms with Crippen LogP contribution in [-0.2, 0) is 19.6 Å². The minimum atomic E-state index is -4.36. The Bertz CT molecular complexity index is 1790. The molecule has 6 atom stereocenters. The number of hydrogen-bond acceptors (Lipinski definition) is 11. The van der Waals surface area contributed by atoms with E-state index in [0.717, 1.165) is 0 Å². The number of rotatable bonds is 8. The molecule has 0 amide bonds. The van der Waals surface area contributed by atoms with Gasteiger partial charge in [-0.1, -0.05) is 5.57 Å². The van der Waals surface area contributed by atoms with Crippen LogP contribution in [0.4, 0.5) is 0 Å². The number of allylic oxidation sites excluding steroid dienone is 1. The molecule has 44 heavy (non-hydrogen) atoms. The van der Waals surface area contributed by atoms with Crippen molar-refractivity contribution < 1.29 is 51.8 Å². The fourth-order valence-corrected chi connectivity index (χ4v) is 8.72. The lowest BCUT2D eigenvalue weighted by atomic mass is 9.53. The molecule has 4 N–H and O–H groups in total. The zero-order chi connectivity index (χ0) is 32.0. The molecule has 2 aromatic rings. The molecule has 6 rings (SSSR count). The summed E-state index contributed by atoms with van der Waals surface area (Å²) in [5.74, 6) is -4.95. The van der Waals surface area contributed by atoms with Crippen LogP contribution in [0.3, 0.4) is 0 Å². The molecule has 0 spiro atoms. The van der Waals surface area contributed by atoms with Gasteiger partial charge < -0.3 is 29.7 Å². The standard InChI is InChI=1S/C31H33NO11S/c1-11-8-13-19-24-20(29(36)28(13)32-6-7-44(38,39)40)14(34)9-16(41-3)22(24)23-17(42-4)10-15(35)21-26(23)25(19)27(18(11)12(2)33)31(43-5)30(21)37/h9-10,13,19,25,27-28,31-32,34-35H,6-8H2,1-5H3,(H,38,39,40). The zero-order valence-electron chi connectivity index (χ0n) is 24.8. The van der Waals surface area contributed by atoms with Crippen molar-refractivity contribution in [3.63, 3.8) is 0 Å². The predicted octanol–water partition coefficient (Wildman–Crippen LogP) is 2.76. The Morgan fingerprint density at radius 3 is 1.95 bits per heavy atom. The largest absolute Gasteiger partial charge is 0.507 e. The van der Waals surface area contributed by atoms with Crippen LogP contribution in [0.1, 0.15) is 63.9 Å². The Labute approximate surface area is 253 Å². The second-order valence-corrected chi connectivity index (χ2v) is 13.4. The van der Waals surface area contributed by atoms with Crippen molar-refractivity contribution in [1.29, 1.82) is 0 Å². The number of fused-ring (bicyclic) bond motifs is 1. The molecule has 2 aromatic carbocycles. The highest BCUT2D eigenvalue weighted by Gasteiger charge is 2.60. The molecule has 0 aliphatic heterocycles. The van der Waals surface area contributed by atoms with E-state index >= 15 is 0 Å². The minimum absolute atomic E-state index is 0.00211. The number of nitrogens with one attached hydrogen (secondary N) is 1. The topological polar surface area (TPSA) is 186 Å². The van der Waals surface area contributed by atoms with Crippen molar-refractivity contribution in [2.24, 2.45) is 11.8 Å². The van der Waals surface area contributed by atoms with Gasteiger partial charge >= 0.3 is 0 Å². The van der Waals surface area contributed by atoms with Crippen LogP contribution < -0.4 is 14.8 Å². The van der Waals surface area contributed by atoms with E-state index in [1.165, 1.54) is 40.4 Å². The van der Waals surface area contributed by atoms with Gasteiger partial charge in [-0.2, -0.15) is 8.42 Å². The fraction of sp³-hybridized carbons (Fsp3) is 0.452. The number of phenolic OH excluding ortho intramolecular Hbond substituents is 2. The Hall–Kier alpha value is -3.78. The first kappa shape index (κ1) is 30.3. The normalized spacial score (nSPS) is 26.7. The molecular formula is C31H33NO11S. The lowest BCUT2D eigenvalue weighted by Crippen LogP contribution is -2.53.